The monoisotopic (exact) mass is 272 g/mol. The molecule has 1 amide bonds. The topological polar surface area (TPSA) is 75.3 Å². The van der Waals surface area contributed by atoms with Crippen LogP contribution < -0.4 is 10.6 Å². The Bertz CT molecular complexity index is 347. The number of nitrogens with one attached hydrogen (secondary N) is 2. The van der Waals surface area contributed by atoms with E-state index in [9.17, 15) is 14.4 Å². The Kier molecular flexibility index (Phi) is 9.40. The first-order chi connectivity index (χ1) is 8.91. The van der Waals surface area contributed by atoms with Crippen LogP contribution in [0.2, 0.25) is 0 Å². The minimum absolute atomic E-state index is 0. The van der Waals surface area contributed by atoms with Crippen molar-refractivity contribution in [3.05, 3.63) is 12.3 Å². The highest BCUT2D eigenvalue weighted by molar-refractivity contribution is 5.78. The summed E-state index contributed by atoms with van der Waals surface area (Å²) in [5, 5.41) is 5.78. The predicted octanol–water partition coefficient (Wildman–Crippen LogP) is 1.83. The van der Waals surface area contributed by atoms with Crippen molar-refractivity contribution in [3.63, 3.8) is 0 Å². The molecule has 0 aromatic heterocycles. The Balaban J connectivity index is -0.00000162. The van der Waals surface area contributed by atoms with Gasteiger partial charge in [-0.25, -0.2) is 0 Å². The van der Waals surface area contributed by atoms with Crippen LogP contribution in [0.5, 0.6) is 0 Å². The van der Waals surface area contributed by atoms with Gasteiger partial charge in [-0.05, 0) is 26.7 Å². The maximum Gasteiger partial charge on any atom is 0.220 e. The summed E-state index contributed by atoms with van der Waals surface area (Å²) in [4.78, 5) is 32.8. The number of amides is 1. The molecule has 2 N–H and O–H groups in total. The van der Waals surface area contributed by atoms with Gasteiger partial charge in [-0.15, -0.1) is 0 Å². The molecule has 0 radical (unpaired) electrons. The minimum atomic E-state index is -0.0760. The molecule has 0 atom stereocenters. The van der Waals surface area contributed by atoms with E-state index in [4.69, 9.17) is 0 Å². The highest BCUT2D eigenvalue weighted by atomic mass is 16.1. The van der Waals surface area contributed by atoms with Gasteiger partial charge in [0.25, 0.3) is 0 Å². The molecule has 19 heavy (non-hydrogen) atoms. The van der Waals surface area contributed by atoms with E-state index in [0.717, 1.165) is 12.1 Å². The minimum Gasteiger partial charge on any atom is -0.387 e. The van der Waals surface area contributed by atoms with Gasteiger partial charge in [0.15, 0.2) is 0 Å². The van der Waals surface area contributed by atoms with Crippen LogP contribution in [-0.2, 0) is 14.4 Å². The Hall–Kier alpha value is -1.65. The lowest BCUT2D eigenvalue weighted by atomic mass is 10.2. The summed E-state index contributed by atoms with van der Waals surface area (Å²) in [6, 6.07) is 0. The molecule has 0 aromatic carbocycles. The van der Waals surface area contributed by atoms with Gasteiger partial charge in [0.1, 0.15) is 11.6 Å². The molecule has 5 heteroatoms. The highest BCUT2D eigenvalue weighted by Crippen LogP contribution is 1.96. The molecule has 0 saturated heterocycles. The zero-order chi connectivity index (χ0) is 14.7. The first kappa shape index (κ1) is 17.4. The third kappa shape index (κ3) is 12.6. The van der Waals surface area contributed by atoms with Gasteiger partial charge < -0.3 is 20.2 Å². The molecular weight excluding hydrogens is 244 g/mol. The molecule has 112 valence electrons. The summed E-state index contributed by atoms with van der Waals surface area (Å²) in [5.74, 6) is 0.198. The van der Waals surface area contributed by atoms with Gasteiger partial charge in [-0.2, -0.15) is 0 Å². The first-order valence-corrected chi connectivity index (χ1v) is 6.59. The number of carbonyl (C=O) groups is 3. The van der Waals surface area contributed by atoms with Gasteiger partial charge >= 0.3 is 0 Å². The lowest BCUT2D eigenvalue weighted by Crippen LogP contribution is -2.30. The summed E-state index contributed by atoms with van der Waals surface area (Å²) in [7, 11) is 0. The zero-order valence-corrected chi connectivity index (χ0v) is 11.9. The van der Waals surface area contributed by atoms with Crippen LogP contribution in [0.3, 0.4) is 0 Å². The summed E-state index contributed by atoms with van der Waals surface area (Å²) < 4.78 is 0. The Labute approximate surface area is 117 Å². The Morgan fingerprint density at radius 1 is 0.947 bits per heavy atom. The molecule has 0 fully saturated rings. The third-order valence-electron chi connectivity index (χ3n) is 2.51. The van der Waals surface area contributed by atoms with Crippen molar-refractivity contribution in [1.82, 2.24) is 10.6 Å². The second-order valence-corrected chi connectivity index (χ2v) is 4.67. The van der Waals surface area contributed by atoms with E-state index in [2.05, 4.69) is 17.2 Å². The standard InChI is InChI=1S/C14H24N2O3.2H2/c1-11(15-9-5-7-13(3)18)10-16-14(19)8-4-6-12(2)17;;/h15H,1,4-10H2,2-3H3,(H,16,19);2*1H. The quantitative estimate of drug-likeness (QED) is 0.563. The van der Waals surface area contributed by atoms with Crippen molar-refractivity contribution in [2.75, 3.05) is 13.1 Å². The fourth-order valence-corrected chi connectivity index (χ4v) is 1.46. The van der Waals surface area contributed by atoms with Crippen molar-refractivity contribution in [2.45, 2.75) is 46.0 Å². The van der Waals surface area contributed by atoms with Crippen molar-refractivity contribution in [1.29, 1.82) is 0 Å². The van der Waals surface area contributed by atoms with Gasteiger partial charge in [0, 0.05) is 34.4 Å². The van der Waals surface area contributed by atoms with Crippen LogP contribution in [0.15, 0.2) is 12.3 Å². The number of Topliss-reactive ketones (excluding diaryl/α,β-unsaturated/α-hetero) is 2. The van der Waals surface area contributed by atoms with Crippen molar-refractivity contribution >= 4 is 17.5 Å². The summed E-state index contributed by atoms with van der Waals surface area (Å²) in [6.45, 7) is 7.92. The van der Waals surface area contributed by atoms with Crippen molar-refractivity contribution in [2.24, 2.45) is 0 Å². The fourth-order valence-electron chi connectivity index (χ4n) is 1.46. The molecule has 0 aliphatic rings. The number of carbonyl (C=O) groups excluding carboxylic acids is 3. The molecule has 0 bridgehead atoms. The first-order valence-electron chi connectivity index (χ1n) is 6.59. The van der Waals surface area contributed by atoms with Crippen molar-refractivity contribution < 1.29 is 17.2 Å². The van der Waals surface area contributed by atoms with E-state index in [1.54, 1.807) is 6.92 Å². The summed E-state index contributed by atoms with van der Waals surface area (Å²) >= 11 is 0. The molecule has 0 heterocycles. The second-order valence-electron chi connectivity index (χ2n) is 4.67. The third-order valence-corrected chi connectivity index (χ3v) is 2.51. The molecule has 5 nitrogen and oxygen atoms in total. The Morgan fingerprint density at radius 2 is 1.53 bits per heavy atom. The lowest BCUT2D eigenvalue weighted by Gasteiger charge is -2.10. The highest BCUT2D eigenvalue weighted by Gasteiger charge is 2.03. The van der Waals surface area contributed by atoms with Gasteiger partial charge in [0.2, 0.25) is 5.91 Å². The maximum atomic E-state index is 11.4. The van der Waals surface area contributed by atoms with Crippen LogP contribution in [-0.4, -0.2) is 30.6 Å². The number of hydrogen-bond acceptors (Lipinski definition) is 4. The van der Waals surface area contributed by atoms with E-state index < -0.39 is 0 Å². The van der Waals surface area contributed by atoms with Crippen LogP contribution in [0.25, 0.3) is 0 Å². The molecule has 0 aromatic rings. The van der Waals surface area contributed by atoms with Gasteiger partial charge in [-0.1, -0.05) is 6.58 Å². The molecule has 0 spiro atoms. The molecule has 0 unspecified atom stereocenters. The van der Waals surface area contributed by atoms with E-state index in [-0.39, 0.29) is 20.3 Å². The SMILES string of the molecule is C=C(CNC(=O)CCCC(C)=O)NCCCC(C)=O.[HH].[HH]. The average Bonchev–Trinajstić information content (AvgIpc) is 2.31. The fraction of sp³-hybridized carbons (Fsp3) is 0.643. The van der Waals surface area contributed by atoms with E-state index in [0.29, 0.717) is 38.8 Å². The molecule has 0 saturated carbocycles. The number of ketones is 2. The predicted molar refractivity (Wildman–Crippen MR) is 78.8 cm³/mol. The largest absolute Gasteiger partial charge is 0.387 e. The summed E-state index contributed by atoms with van der Waals surface area (Å²) in [5.41, 5.74) is 0.725. The van der Waals surface area contributed by atoms with Crippen molar-refractivity contribution in [3.8, 4) is 0 Å². The van der Waals surface area contributed by atoms with Gasteiger partial charge in [0.05, 0.1) is 6.54 Å². The molecule has 0 aliphatic carbocycles. The van der Waals surface area contributed by atoms with E-state index in [1.165, 1.54) is 6.92 Å². The van der Waals surface area contributed by atoms with Crippen LogP contribution in [0.4, 0.5) is 0 Å². The zero-order valence-electron chi connectivity index (χ0n) is 11.9. The molecule has 0 aliphatic heterocycles. The van der Waals surface area contributed by atoms with Crippen LogP contribution in [0.1, 0.15) is 48.8 Å². The second kappa shape index (κ2) is 10.3. The summed E-state index contributed by atoms with van der Waals surface area (Å²) in [6.07, 6.45) is 2.70. The smallest absolute Gasteiger partial charge is 0.220 e. The average molecular weight is 272 g/mol. The van der Waals surface area contributed by atoms with E-state index in [1.807, 2.05) is 0 Å². The van der Waals surface area contributed by atoms with E-state index >= 15 is 0 Å². The number of rotatable bonds is 11. The molecular formula is C14H28N2O3. The van der Waals surface area contributed by atoms with Crippen LogP contribution in [0, 0.1) is 0 Å². The maximum absolute atomic E-state index is 11.4. The van der Waals surface area contributed by atoms with Crippen LogP contribution >= 0.6 is 0 Å². The molecule has 0 rings (SSSR count). The Morgan fingerprint density at radius 3 is 2.11 bits per heavy atom. The lowest BCUT2D eigenvalue weighted by molar-refractivity contribution is -0.121. The number of hydrogen-bond donors (Lipinski definition) is 2. The van der Waals surface area contributed by atoms with Gasteiger partial charge in [-0.3, -0.25) is 4.79 Å². The normalized spacial score (nSPS) is 9.79.